The maximum Gasteiger partial charge on any atom is 0.254 e. The molecule has 1 heterocycles. The normalized spacial score (nSPS) is 15.9. The Kier molecular flexibility index (Phi) is 9.28. The van der Waals surface area contributed by atoms with Gasteiger partial charge in [-0.15, -0.1) is 11.3 Å². The van der Waals surface area contributed by atoms with Gasteiger partial charge < -0.3 is 14.8 Å². The van der Waals surface area contributed by atoms with Crippen molar-refractivity contribution in [2.24, 2.45) is 4.99 Å². The van der Waals surface area contributed by atoms with Crippen LogP contribution in [0.3, 0.4) is 0 Å². The molecule has 2 aromatic carbocycles. The lowest BCUT2D eigenvalue weighted by Crippen LogP contribution is -2.36. The van der Waals surface area contributed by atoms with E-state index < -0.39 is 0 Å². The number of thiophene rings is 1. The summed E-state index contributed by atoms with van der Waals surface area (Å²) in [6.07, 6.45) is 11.9. The molecule has 0 bridgehead atoms. The van der Waals surface area contributed by atoms with Gasteiger partial charge in [0, 0.05) is 27.7 Å². The fraction of sp³-hybridized carbons (Fsp3) is 0.400. The van der Waals surface area contributed by atoms with Crippen LogP contribution in [0, 0.1) is 3.57 Å². The van der Waals surface area contributed by atoms with Crippen LogP contribution in [0.15, 0.2) is 41.4 Å². The number of halogens is 2. The molecule has 2 aliphatic carbocycles. The van der Waals surface area contributed by atoms with Gasteiger partial charge in [-0.1, -0.05) is 49.1 Å². The summed E-state index contributed by atoms with van der Waals surface area (Å²) in [7, 11) is 1.63. The monoisotopic (exact) mass is 662 g/mol. The Morgan fingerprint density at radius 3 is 2.74 bits per heavy atom. The fourth-order valence-corrected chi connectivity index (χ4v) is 7.44. The van der Waals surface area contributed by atoms with Crippen molar-refractivity contribution < 1.29 is 14.3 Å². The number of fused-ring (bicyclic) bond motifs is 1. The molecule has 1 aromatic heterocycles. The average Bonchev–Trinajstić information content (AvgIpc) is 3.31. The lowest BCUT2D eigenvalue weighted by Gasteiger charge is -2.23. The van der Waals surface area contributed by atoms with Crippen molar-refractivity contribution in [3.05, 3.63) is 72.1 Å². The zero-order valence-electron chi connectivity index (χ0n) is 21.5. The maximum atomic E-state index is 13.5. The van der Waals surface area contributed by atoms with Gasteiger partial charge in [-0.25, -0.2) is 4.99 Å². The van der Waals surface area contributed by atoms with E-state index in [1.165, 1.54) is 36.1 Å². The molecule has 1 saturated carbocycles. The first-order chi connectivity index (χ1) is 18.5. The summed E-state index contributed by atoms with van der Waals surface area (Å²) in [5.74, 6) is 1.34. The van der Waals surface area contributed by atoms with E-state index in [4.69, 9.17) is 26.1 Å². The summed E-state index contributed by atoms with van der Waals surface area (Å²) < 4.78 is 12.7. The topological polar surface area (TPSA) is 59.9 Å². The number of aryl methyl sites for hydroxylation is 1. The molecule has 8 heteroatoms. The molecule has 5 nitrogen and oxygen atoms in total. The van der Waals surface area contributed by atoms with Crippen molar-refractivity contribution >= 4 is 62.7 Å². The lowest BCUT2D eigenvalue weighted by molar-refractivity contribution is 0.0927. The Morgan fingerprint density at radius 1 is 1.16 bits per heavy atom. The number of aliphatic imine (C=N–C) groups is 1. The van der Waals surface area contributed by atoms with Crippen LogP contribution in [0.5, 0.6) is 11.5 Å². The standard InChI is InChI=1S/C30H32ClIN2O3S/c1-36-25-16-19(15-24(32)28(25)37-18-20-9-5-7-13-23(20)31)17-33-30-27(22-12-6-8-14-26(22)38-30)29(35)34-21-10-3-2-4-11-21/h5,7,9,13,15-17,21H,2-4,6,8,10-12,14,18H2,1H3,(H,34,35). The first kappa shape index (κ1) is 27.5. The van der Waals surface area contributed by atoms with E-state index in [-0.39, 0.29) is 11.9 Å². The van der Waals surface area contributed by atoms with Crippen molar-refractivity contribution in [2.75, 3.05) is 7.11 Å². The summed E-state index contributed by atoms with van der Waals surface area (Å²) in [6, 6.07) is 11.9. The largest absolute Gasteiger partial charge is 0.493 e. The van der Waals surface area contributed by atoms with Gasteiger partial charge in [0.2, 0.25) is 0 Å². The molecule has 0 unspecified atom stereocenters. The minimum absolute atomic E-state index is 0.0407. The van der Waals surface area contributed by atoms with E-state index in [9.17, 15) is 4.79 Å². The number of benzene rings is 2. The van der Waals surface area contributed by atoms with Crippen molar-refractivity contribution in [3.8, 4) is 11.5 Å². The molecule has 0 atom stereocenters. The number of hydrogen-bond acceptors (Lipinski definition) is 5. The second kappa shape index (κ2) is 12.8. The number of nitrogens with zero attached hydrogens (tertiary/aromatic N) is 1. The zero-order valence-corrected chi connectivity index (χ0v) is 25.3. The van der Waals surface area contributed by atoms with Gasteiger partial charge in [0.05, 0.1) is 16.2 Å². The highest BCUT2D eigenvalue weighted by Crippen LogP contribution is 2.40. The lowest BCUT2D eigenvalue weighted by atomic mass is 9.93. The van der Waals surface area contributed by atoms with Crippen LogP contribution in [0.25, 0.3) is 0 Å². The summed E-state index contributed by atoms with van der Waals surface area (Å²) in [5, 5.41) is 4.80. The fourth-order valence-electron chi connectivity index (χ4n) is 5.23. The highest BCUT2D eigenvalue weighted by Gasteiger charge is 2.27. The first-order valence-electron chi connectivity index (χ1n) is 13.3. The molecule has 3 aromatic rings. The molecular formula is C30H32ClIN2O3S. The molecule has 1 amide bonds. The van der Waals surface area contributed by atoms with Crippen molar-refractivity contribution in [3.63, 3.8) is 0 Å². The molecule has 2 aliphatic rings. The SMILES string of the molecule is COc1cc(C=Nc2sc3c(c2C(=O)NC2CCCCC2)CCCC3)cc(I)c1OCc1ccccc1Cl. The summed E-state index contributed by atoms with van der Waals surface area (Å²) in [5.41, 5.74) is 3.80. The van der Waals surface area contributed by atoms with Gasteiger partial charge in [-0.3, -0.25) is 4.79 Å². The van der Waals surface area contributed by atoms with E-state index in [2.05, 4.69) is 27.9 Å². The summed E-state index contributed by atoms with van der Waals surface area (Å²) >= 11 is 10.2. The second-order valence-electron chi connectivity index (χ2n) is 9.87. The van der Waals surface area contributed by atoms with Crippen LogP contribution >= 0.6 is 45.5 Å². The minimum Gasteiger partial charge on any atom is -0.493 e. The number of ether oxygens (including phenoxy) is 2. The van der Waals surface area contributed by atoms with Crippen molar-refractivity contribution in [1.82, 2.24) is 5.32 Å². The average molecular weight is 663 g/mol. The molecule has 0 spiro atoms. The van der Waals surface area contributed by atoms with Gasteiger partial charge in [0.15, 0.2) is 11.5 Å². The molecule has 0 saturated heterocycles. The van der Waals surface area contributed by atoms with Crippen molar-refractivity contribution in [1.29, 1.82) is 0 Å². The highest BCUT2D eigenvalue weighted by atomic mass is 127. The highest BCUT2D eigenvalue weighted by molar-refractivity contribution is 14.1. The molecule has 200 valence electrons. The van der Waals surface area contributed by atoms with Crippen LogP contribution in [-0.4, -0.2) is 25.3 Å². The third-order valence-electron chi connectivity index (χ3n) is 7.23. The summed E-state index contributed by atoms with van der Waals surface area (Å²) in [4.78, 5) is 19.6. The van der Waals surface area contributed by atoms with Crippen LogP contribution in [0.1, 0.15) is 76.9 Å². The molecule has 0 aliphatic heterocycles. The van der Waals surface area contributed by atoms with Crippen LogP contribution in [0.4, 0.5) is 5.00 Å². The van der Waals surface area contributed by atoms with Crippen LogP contribution < -0.4 is 14.8 Å². The van der Waals surface area contributed by atoms with Crippen LogP contribution in [-0.2, 0) is 19.4 Å². The first-order valence-corrected chi connectivity index (χ1v) is 15.5. The Hall–Kier alpha value is -2.10. The van der Waals surface area contributed by atoms with Gasteiger partial charge in [-0.2, -0.15) is 0 Å². The number of amides is 1. The number of carbonyl (C=O) groups is 1. The van der Waals surface area contributed by atoms with Crippen LogP contribution in [0.2, 0.25) is 5.02 Å². The third kappa shape index (κ3) is 6.37. The summed E-state index contributed by atoms with van der Waals surface area (Å²) in [6.45, 7) is 0.347. The molecule has 5 rings (SSSR count). The second-order valence-corrected chi connectivity index (χ2v) is 12.5. The predicted octanol–water partition coefficient (Wildman–Crippen LogP) is 8.29. The van der Waals surface area contributed by atoms with E-state index in [1.54, 1.807) is 18.4 Å². The van der Waals surface area contributed by atoms with Gasteiger partial charge in [0.1, 0.15) is 11.6 Å². The number of methoxy groups -OCH3 is 1. The van der Waals surface area contributed by atoms with Crippen molar-refractivity contribution in [2.45, 2.75) is 70.4 Å². The Balaban J connectivity index is 1.38. The Labute approximate surface area is 247 Å². The van der Waals surface area contributed by atoms with E-state index in [0.29, 0.717) is 23.1 Å². The van der Waals surface area contributed by atoms with Gasteiger partial charge in [0.25, 0.3) is 5.91 Å². The Morgan fingerprint density at radius 2 is 1.95 bits per heavy atom. The predicted molar refractivity (Wildman–Crippen MR) is 164 cm³/mol. The number of carbonyl (C=O) groups excluding carboxylic acids is 1. The van der Waals surface area contributed by atoms with E-state index >= 15 is 0 Å². The van der Waals surface area contributed by atoms with E-state index in [1.807, 2.05) is 42.6 Å². The number of nitrogens with one attached hydrogen (secondary N) is 1. The minimum atomic E-state index is 0.0407. The molecule has 0 radical (unpaired) electrons. The smallest absolute Gasteiger partial charge is 0.254 e. The zero-order chi connectivity index (χ0) is 26.5. The Bertz CT molecular complexity index is 1330. The number of hydrogen-bond donors (Lipinski definition) is 1. The molecule has 38 heavy (non-hydrogen) atoms. The maximum absolute atomic E-state index is 13.5. The molecule has 1 N–H and O–H groups in total. The molecular weight excluding hydrogens is 631 g/mol. The van der Waals surface area contributed by atoms with Gasteiger partial charge in [-0.05, 0) is 90.4 Å². The van der Waals surface area contributed by atoms with E-state index in [0.717, 1.165) is 57.4 Å². The van der Waals surface area contributed by atoms with Gasteiger partial charge >= 0.3 is 0 Å². The third-order valence-corrected chi connectivity index (χ3v) is 9.60. The molecule has 1 fully saturated rings. The number of rotatable bonds is 8. The quantitative estimate of drug-likeness (QED) is 0.195.